The molecule has 0 aromatic rings. The summed E-state index contributed by atoms with van der Waals surface area (Å²) < 4.78 is 5.73. The van der Waals surface area contributed by atoms with Crippen LogP contribution in [0.15, 0.2) is 0 Å². The quantitative estimate of drug-likeness (QED) is 0.763. The van der Waals surface area contributed by atoms with Crippen LogP contribution in [-0.2, 0) is 14.3 Å². The van der Waals surface area contributed by atoms with Crippen molar-refractivity contribution in [3.63, 3.8) is 0 Å². The molecule has 20 heavy (non-hydrogen) atoms. The molecular formula is C15H24N2O3. The van der Waals surface area contributed by atoms with Crippen LogP contribution in [0.3, 0.4) is 0 Å². The number of nitrogens with zero attached hydrogens (tertiary/aromatic N) is 2. The maximum absolute atomic E-state index is 12.8. The van der Waals surface area contributed by atoms with Crippen LogP contribution in [-0.4, -0.2) is 59.5 Å². The Balaban J connectivity index is 1.77. The van der Waals surface area contributed by atoms with Crippen LogP contribution in [0.2, 0.25) is 0 Å². The third-order valence-electron chi connectivity index (χ3n) is 4.95. The zero-order valence-corrected chi connectivity index (χ0v) is 12.2. The second-order valence-corrected chi connectivity index (χ2v) is 6.17. The molecule has 0 aromatic carbocycles. The zero-order valence-electron chi connectivity index (χ0n) is 12.2. The average Bonchev–Trinajstić information content (AvgIpc) is 2.97. The largest absolute Gasteiger partial charge is 0.376 e. The number of hydrogen-bond acceptors (Lipinski definition) is 3. The monoisotopic (exact) mass is 280 g/mol. The van der Waals surface area contributed by atoms with Gasteiger partial charge in [0.2, 0.25) is 11.8 Å². The Kier molecular flexibility index (Phi) is 3.96. The first-order chi connectivity index (χ1) is 9.68. The van der Waals surface area contributed by atoms with Gasteiger partial charge in [0.25, 0.3) is 0 Å². The van der Waals surface area contributed by atoms with E-state index in [1.807, 2.05) is 9.80 Å². The fourth-order valence-electron chi connectivity index (χ4n) is 3.74. The predicted molar refractivity (Wildman–Crippen MR) is 74.1 cm³/mol. The van der Waals surface area contributed by atoms with Gasteiger partial charge in [-0.15, -0.1) is 0 Å². The number of ether oxygens (including phenoxy) is 1. The molecule has 3 fully saturated rings. The minimum absolute atomic E-state index is 0.0830. The second-order valence-electron chi connectivity index (χ2n) is 6.17. The lowest BCUT2D eigenvalue weighted by molar-refractivity contribution is -0.145. The van der Waals surface area contributed by atoms with Crippen molar-refractivity contribution in [1.82, 2.24) is 9.80 Å². The highest BCUT2D eigenvalue weighted by molar-refractivity contribution is 5.90. The third-order valence-corrected chi connectivity index (χ3v) is 4.95. The number of hydrogen-bond donors (Lipinski definition) is 0. The fraction of sp³-hybridized carbons (Fsp3) is 0.867. The lowest BCUT2D eigenvalue weighted by Crippen LogP contribution is -2.53. The topological polar surface area (TPSA) is 49.9 Å². The van der Waals surface area contributed by atoms with Crippen molar-refractivity contribution in [1.29, 1.82) is 0 Å². The SMILES string of the molecule is CC(C1CCCO1)N1CCC(=O)N2CCCCC2C1=O. The summed E-state index contributed by atoms with van der Waals surface area (Å²) in [5.74, 6) is 0.281. The Morgan fingerprint density at radius 1 is 1.15 bits per heavy atom. The van der Waals surface area contributed by atoms with E-state index in [2.05, 4.69) is 6.92 Å². The minimum Gasteiger partial charge on any atom is -0.376 e. The summed E-state index contributed by atoms with van der Waals surface area (Å²) in [6, 6.07) is -0.137. The lowest BCUT2D eigenvalue weighted by atomic mass is 10.00. The van der Waals surface area contributed by atoms with Gasteiger partial charge in [-0.25, -0.2) is 0 Å². The molecule has 3 saturated heterocycles. The summed E-state index contributed by atoms with van der Waals surface area (Å²) in [6.07, 6.45) is 5.58. The van der Waals surface area contributed by atoms with Gasteiger partial charge in [-0.1, -0.05) is 0 Å². The smallest absolute Gasteiger partial charge is 0.245 e. The molecule has 0 saturated carbocycles. The van der Waals surface area contributed by atoms with E-state index in [4.69, 9.17) is 4.74 Å². The standard InChI is InChI=1S/C15H24N2O3/c1-11(13-6-4-10-20-13)16-9-7-14(18)17-8-3-2-5-12(17)15(16)19/h11-13H,2-10H2,1H3. The lowest BCUT2D eigenvalue weighted by Gasteiger charge is -2.37. The Bertz CT molecular complexity index is 393. The summed E-state index contributed by atoms with van der Waals surface area (Å²) in [4.78, 5) is 28.7. The van der Waals surface area contributed by atoms with Crippen molar-refractivity contribution in [3.05, 3.63) is 0 Å². The van der Waals surface area contributed by atoms with Crippen molar-refractivity contribution >= 4 is 11.8 Å². The number of carbonyl (C=O) groups is 2. The van der Waals surface area contributed by atoms with Crippen LogP contribution >= 0.6 is 0 Å². The van der Waals surface area contributed by atoms with Gasteiger partial charge < -0.3 is 14.5 Å². The van der Waals surface area contributed by atoms with Crippen LogP contribution < -0.4 is 0 Å². The van der Waals surface area contributed by atoms with E-state index in [9.17, 15) is 9.59 Å². The molecule has 3 aliphatic heterocycles. The van der Waals surface area contributed by atoms with Crippen molar-refractivity contribution in [2.75, 3.05) is 19.7 Å². The van der Waals surface area contributed by atoms with E-state index in [0.717, 1.165) is 45.3 Å². The van der Waals surface area contributed by atoms with Crippen LogP contribution in [0.5, 0.6) is 0 Å². The highest BCUT2D eigenvalue weighted by atomic mass is 16.5. The Hall–Kier alpha value is -1.10. The molecule has 5 nitrogen and oxygen atoms in total. The zero-order chi connectivity index (χ0) is 14.1. The summed E-state index contributed by atoms with van der Waals surface area (Å²) in [5, 5.41) is 0. The first-order valence-electron chi connectivity index (χ1n) is 7.90. The molecule has 3 aliphatic rings. The van der Waals surface area contributed by atoms with E-state index in [1.165, 1.54) is 0 Å². The molecule has 0 N–H and O–H groups in total. The molecule has 2 amide bonds. The average molecular weight is 280 g/mol. The summed E-state index contributed by atoms with van der Waals surface area (Å²) in [7, 11) is 0. The van der Waals surface area contributed by atoms with Crippen LogP contribution in [0.1, 0.15) is 45.4 Å². The van der Waals surface area contributed by atoms with Gasteiger partial charge in [0.15, 0.2) is 0 Å². The van der Waals surface area contributed by atoms with Crippen LogP contribution in [0.25, 0.3) is 0 Å². The molecule has 0 spiro atoms. The van der Waals surface area contributed by atoms with Crippen molar-refractivity contribution in [2.24, 2.45) is 0 Å². The normalized spacial score (nSPS) is 33.0. The molecule has 3 atom stereocenters. The van der Waals surface area contributed by atoms with E-state index < -0.39 is 0 Å². The second kappa shape index (κ2) is 5.72. The van der Waals surface area contributed by atoms with Gasteiger partial charge in [0, 0.05) is 26.1 Å². The van der Waals surface area contributed by atoms with Crippen molar-refractivity contribution < 1.29 is 14.3 Å². The van der Waals surface area contributed by atoms with E-state index >= 15 is 0 Å². The molecule has 3 heterocycles. The van der Waals surface area contributed by atoms with Gasteiger partial charge in [0.05, 0.1) is 12.1 Å². The summed E-state index contributed by atoms with van der Waals surface area (Å²) in [5.41, 5.74) is 0. The predicted octanol–water partition coefficient (Wildman–Crippen LogP) is 1.17. The van der Waals surface area contributed by atoms with E-state index in [-0.39, 0.29) is 30.0 Å². The molecule has 0 bridgehead atoms. The maximum atomic E-state index is 12.8. The van der Waals surface area contributed by atoms with Crippen LogP contribution in [0.4, 0.5) is 0 Å². The van der Waals surface area contributed by atoms with Gasteiger partial charge in [0.1, 0.15) is 6.04 Å². The molecule has 5 heteroatoms. The third kappa shape index (κ3) is 2.43. The van der Waals surface area contributed by atoms with Crippen molar-refractivity contribution in [2.45, 2.75) is 63.6 Å². The molecule has 0 aliphatic carbocycles. The number of piperidine rings is 1. The Labute approximate surface area is 120 Å². The van der Waals surface area contributed by atoms with E-state index in [0.29, 0.717) is 13.0 Å². The Morgan fingerprint density at radius 2 is 2.00 bits per heavy atom. The highest BCUT2D eigenvalue weighted by Crippen LogP contribution is 2.27. The number of amides is 2. The van der Waals surface area contributed by atoms with Gasteiger partial charge in [-0.3, -0.25) is 9.59 Å². The first kappa shape index (κ1) is 13.9. The number of rotatable bonds is 2. The van der Waals surface area contributed by atoms with Crippen molar-refractivity contribution in [3.8, 4) is 0 Å². The summed E-state index contributed by atoms with van der Waals surface area (Å²) in [6.45, 7) is 4.16. The van der Waals surface area contributed by atoms with E-state index in [1.54, 1.807) is 0 Å². The Morgan fingerprint density at radius 3 is 2.75 bits per heavy atom. The molecule has 0 radical (unpaired) electrons. The van der Waals surface area contributed by atoms with Crippen LogP contribution in [0, 0.1) is 0 Å². The maximum Gasteiger partial charge on any atom is 0.245 e. The van der Waals surface area contributed by atoms with Gasteiger partial charge in [-0.2, -0.15) is 0 Å². The van der Waals surface area contributed by atoms with Gasteiger partial charge >= 0.3 is 0 Å². The molecule has 3 rings (SSSR count). The minimum atomic E-state index is -0.220. The highest BCUT2D eigenvalue weighted by Gasteiger charge is 2.41. The summed E-state index contributed by atoms with van der Waals surface area (Å²) >= 11 is 0. The molecule has 112 valence electrons. The van der Waals surface area contributed by atoms with Gasteiger partial charge in [-0.05, 0) is 39.0 Å². The molecule has 0 aromatic heterocycles. The molecule has 3 unspecified atom stereocenters. The molecular weight excluding hydrogens is 256 g/mol. The number of fused-ring (bicyclic) bond motifs is 1. The first-order valence-corrected chi connectivity index (χ1v) is 7.90. The number of carbonyl (C=O) groups excluding carboxylic acids is 2. The fourth-order valence-corrected chi connectivity index (χ4v) is 3.74.